The molecule has 0 radical (unpaired) electrons. The number of H-pyrrole nitrogens is 1. The Balaban J connectivity index is 1.46. The van der Waals surface area contributed by atoms with E-state index < -0.39 is 6.10 Å². The second-order valence-electron chi connectivity index (χ2n) is 7.46. The zero-order chi connectivity index (χ0) is 17.8. The smallest absolute Gasteiger partial charge is 0.128 e. The molecule has 1 aliphatic rings. The highest BCUT2D eigenvalue weighted by Crippen LogP contribution is 2.24. The third kappa shape index (κ3) is 4.54. The van der Waals surface area contributed by atoms with Gasteiger partial charge in [-0.25, -0.2) is 0 Å². The van der Waals surface area contributed by atoms with E-state index in [0.717, 1.165) is 29.7 Å². The van der Waals surface area contributed by atoms with Crippen LogP contribution in [0.2, 0.25) is 0 Å². The highest BCUT2D eigenvalue weighted by Gasteiger charge is 2.24. The number of rotatable bonds is 7. The molecule has 5 heteroatoms. The lowest BCUT2D eigenvalue weighted by Gasteiger charge is -2.39. The average Bonchev–Trinajstić information content (AvgIpc) is 3.09. The van der Waals surface area contributed by atoms with Crippen molar-refractivity contribution in [2.45, 2.75) is 44.9 Å². The fourth-order valence-electron chi connectivity index (χ4n) is 3.75. The van der Waals surface area contributed by atoms with Crippen molar-refractivity contribution in [2.24, 2.45) is 0 Å². The molecular formula is C20H31N3O2. The van der Waals surface area contributed by atoms with Crippen LogP contribution in [-0.2, 0) is 0 Å². The van der Waals surface area contributed by atoms with Gasteiger partial charge in [-0.05, 0) is 65.0 Å². The molecule has 1 aromatic heterocycles. The highest BCUT2D eigenvalue weighted by atomic mass is 16.5. The predicted octanol–water partition coefficient (Wildman–Crippen LogP) is 2.71. The summed E-state index contributed by atoms with van der Waals surface area (Å²) in [5.41, 5.74) is 1.06. The maximum atomic E-state index is 10.4. The van der Waals surface area contributed by atoms with Crippen LogP contribution in [0.5, 0.6) is 5.75 Å². The van der Waals surface area contributed by atoms with E-state index in [4.69, 9.17) is 4.74 Å². The first-order valence-corrected chi connectivity index (χ1v) is 9.36. The van der Waals surface area contributed by atoms with E-state index in [9.17, 15) is 5.11 Å². The van der Waals surface area contributed by atoms with Crippen molar-refractivity contribution < 1.29 is 9.84 Å². The number of likely N-dealkylation sites (tertiary alicyclic amines) is 1. The van der Waals surface area contributed by atoms with E-state index in [1.54, 1.807) is 0 Å². The number of aromatic nitrogens is 1. The second-order valence-corrected chi connectivity index (χ2v) is 7.46. The lowest BCUT2D eigenvalue weighted by molar-refractivity contribution is 0.0436. The Morgan fingerprint density at radius 2 is 2.04 bits per heavy atom. The first-order valence-electron chi connectivity index (χ1n) is 9.36. The molecule has 0 saturated carbocycles. The number of ether oxygens (including phenoxy) is 1. The Labute approximate surface area is 150 Å². The van der Waals surface area contributed by atoms with Crippen LogP contribution in [0.15, 0.2) is 30.5 Å². The molecule has 138 valence electrons. The minimum Gasteiger partial charge on any atom is -0.490 e. The number of piperidine rings is 1. The number of likely N-dealkylation sites (N-methyl/N-ethyl adjacent to an activating group) is 1. The Kier molecular flexibility index (Phi) is 5.99. The predicted molar refractivity (Wildman–Crippen MR) is 102 cm³/mol. The summed E-state index contributed by atoms with van der Waals surface area (Å²) in [7, 11) is 2.12. The van der Waals surface area contributed by atoms with Gasteiger partial charge in [-0.2, -0.15) is 0 Å². The molecule has 1 aliphatic heterocycles. The Bertz CT molecular complexity index is 662. The number of hydrogen-bond donors (Lipinski definition) is 2. The molecule has 0 spiro atoms. The van der Waals surface area contributed by atoms with Crippen molar-refractivity contribution in [3.05, 3.63) is 30.5 Å². The summed E-state index contributed by atoms with van der Waals surface area (Å²) in [5, 5.41) is 11.4. The second kappa shape index (κ2) is 8.21. The number of hydrogen-bond acceptors (Lipinski definition) is 4. The SMILES string of the molecule is CC(C)N1CCC(N(C)CC(O)COc2cccc3[nH]ccc23)CC1. The molecule has 1 unspecified atom stereocenters. The Hall–Kier alpha value is -1.56. The van der Waals surface area contributed by atoms with E-state index >= 15 is 0 Å². The average molecular weight is 345 g/mol. The highest BCUT2D eigenvalue weighted by molar-refractivity contribution is 5.85. The van der Waals surface area contributed by atoms with E-state index in [-0.39, 0.29) is 0 Å². The molecule has 1 fully saturated rings. The van der Waals surface area contributed by atoms with Crippen LogP contribution in [0.3, 0.4) is 0 Å². The van der Waals surface area contributed by atoms with Gasteiger partial charge in [0.2, 0.25) is 0 Å². The number of nitrogens with zero attached hydrogens (tertiary/aromatic N) is 2. The summed E-state index contributed by atoms with van der Waals surface area (Å²) in [4.78, 5) is 8.00. The first kappa shape index (κ1) is 18.2. The molecular weight excluding hydrogens is 314 g/mol. The van der Waals surface area contributed by atoms with Crippen LogP contribution in [0.1, 0.15) is 26.7 Å². The van der Waals surface area contributed by atoms with E-state index in [2.05, 4.69) is 35.7 Å². The fourth-order valence-corrected chi connectivity index (χ4v) is 3.75. The van der Waals surface area contributed by atoms with Gasteiger partial charge >= 0.3 is 0 Å². The normalized spacial score (nSPS) is 18.3. The fraction of sp³-hybridized carbons (Fsp3) is 0.600. The zero-order valence-electron chi connectivity index (χ0n) is 15.6. The number of nitrogens with one attached hydrogen (secondary N) is 1. The zero-order valence-corrected chi connectivity index (χ0v) is 15.6. The van der Waals surface area contributed by atoms with Crippen molar-refractivity contribution in [3.63, 3.8) is 0 Å². The van der Waals surface area contributed by atoms with Crippen LogP contribution in [0, 0.1) is 0 Å². The summed E-state index contributed by atoms with van der Waals surface area (Å²) < 4.78 is 5.87. The van der Waals surface area contributed by atoms with Gasteiger partial charge in [-0.1, -0.05) is 6.07 Å². The van der Waals surface area contributed by atoms with Crippen molar-refractivity contribution >= 4 is 10.9 Å². The largest absolute Gasteiger partial charge is 0.490 e. The lowest BCUT2D eigenvalue weighted by Crippen LogP contribution is -2.47. The van der Waals surface area contributed by atoms with Gasteiger partial charge in [-0.15, -0.1) is 0 Å². The number of fused-ring (bicyclic) bond motifs is 1. The molecule has 1 atom stereocenters. The Morgan fingerprint density at radius 3 is 2.76 bits per heavy atom. The number of benzene rings is 1. The van der Waals surface area contributed by atoms with Gasteiger partial charge < -0.3 is 24.6 Å². The minimum absolute atomic E-state index is 0.319. The molecule has 2 heterocycles. The van der Waals surface area contributed by atoms with Crippen LogP contribution in [0.25, 0.3) is 10.9 Å². The van der Waals surface area contributed by atoms with Gasteiger partial charge in [-0.3, -0.25) is 0 Å². The van der Waals surface area contributed by atoms with E-state index in [1.807, 2.05) is 30.5 Å². The van der Waals surface area contributed by atoms with E-state index in [0.29, 0.717) is 25.2 Å². The molecule has 3 rings (SSSR count). The Morgan fingerprint density at radius 1 is 1.28 bits per heavy atom. The third-order valence-electron chi connectivity index (χ3n) is 5.34. The van der Waals surface area contributed by atoms with E-state index in [1.165, 1.54) is 12.8 Å². The first-order chi connectivity index (χ1) is 12.0. The van der Waals surface area contributed by atoms with Gasteiger partial charge in [0, 0.05) is 35.7 Å². The maximum Gasteiger partial charge on any atom is 0.128 e. The summed E-state index contributed by atoms with van der Waals surface area (Å²) in [6, 6.07) is 9.13. The monoisotopic (exact) mass is 345 g/mol. The maximum absolute atomic E-state index is 10.4. The summed E-state index contributed by atoms with van der Waals surface area (Å²) >= 11 is 0. The van der Waals surface area contributed by atoms with Crippen molar-refractivity contribution in [3.8, 4) is 5.75 Å². The minimum atomic E-state index is -0.484. The molecule has 0 amide bonds. The molecule has 25 heavy (non-hydrogen) atoms. The molecule has 1 aromatic carbocycles. The molecule has 2 N–H and O–H groups in total. The number of aliphatic hydroxyl groups excluding tert-OH is 1. The van der Waals surface area contributed by atoms with Crippen molar-refractivity contribution in [1.82, 2.24) is 14.8 Å². The van der Waals surface area contributed by atoms with Crippen molar-refractivity contribution in [2.75, 3.05) is 33.3 Å². The van der Waals surface area contributed by atoms with Gasteiger partial charge in [0.05, 0.1) is 0 Å². The molecule has 1 saturated heterocycles. The molecule has 0 bridgehead atoms. The summed E-state index contributed by atoms with van der Waals surface area (Å²) in [5.74, 6) is 0.825. The topological polar surface area (TPSA) is 51.7 Å². The lowest BCUT2D eigenvalue weighted by atomic mass is 10.0. The molecule has 2 aromatic rings. The summed E-state index contributed by atoms with van der Waals surface area (Å²) in [6.07, 6.45) is 3.77. The van der Waals surface area contributed by atoms with Crippen LogP contribution in [-0.4, -0.2) is 71.4 Å². The standard InChI is InChI=1S/C20H31N3O2/c1-15(2)23-11-8-16(9-12-23)22(3)13-17(24)14-25-20-6-4-5-19-18(20)7-10-21-19/h4-7,10,15-17,21,24H,8-9,11-14H2,1-3H3. The molecule has 5 nitrogen and oxygen atoms in total. The van der Waals surface area contributed by atoms with Gasteiger partial charge in [0.15, 0.2) is 0 Å². The van der Waals surface area contributed by atoms with Gasteiger partial charge in [0.25, 0.3) is 0 Å². The van der Waals surface area contributed by atoms with Crippen LogP contribution >= 0.6 is 0 Å². The number of aliphatic hydroxyl groups is 1. The third-order valence-corrected chi connectivity index (χ3v) is 5.34. The molecule has 0 aliphatic carbocycles. The van der Waals surface area contributed by atoms with Crippen LogP contribution < -0.4 is 4.74 Å². The van der Waals surface area contributed by atoms with Crippen molar-refractivity contribution in [1.29, 1.82) is 0 Å². The number of aromatic amines is 1. The van der Waals surface area contributed by atoms with Gasteiger partial charge in [0.1, 0.15) is 18.5 Å². The van der Waals surface area contributed by atoms with Crippen LogP contribution in [0.4, 0.5) is 0 Å². The quantitative estimate of drug-likeness (QED) is 0.810. The summed E-state index contributed by atoms with van der Waals surface area (Å²) in [6.45, 7) is 7.78.